The van der Waals surface area contributed by atoms with E-state index in [1.165, 1.54) is 6.08 Å². The Morgan fingerprint density at radius 2 is 1.89 bits per heavy atom. The molecule has 5 heteroatoms. The van der Waals surface area contributed by atoms with E-state index in [2.05, 4.69) is 0 Å². The number of benzene rings is 1. The van der Waals surface area contributed by atoms with Crippen LogP contribution in [0.1, 0.15) is 19.4 Å². The van der Waals surface area contributed by atoms with Gasteiger partial charge in [-0.3, -0.25) is 4.57 Å². The highest BCUT2D eigenvalue weighted by molar-refractivity contribution is 7.62. The first-order chi connectivity index (χ1) is 8.68. The van der Waals surface area contributed by atoms with E-state index in [0.29, 0.717) is 24.1 Å². The number of rotatable bonds is 6. The minimum Gasteiger partial charge on any atom is -0.305 e. The van der Waals surface area contributed by atoms with Crippen molar-refractivity contribution in [1.29, 1.82) is 5.26 Å². The highest BCUT2D eigenvalue weighted by atomic mass is 31.2. The molecule has 18 heavy (non-hydrogen) atoms. The van der Waals surface area contributed by atoms with Crippen LogP contribution in [0, 0.1) is 11.3 Å². The molecule has 0 atom stereocenters. The monoisotopic (exact) mass is 265 g/mol. The molecule has 0 saturated heterocycles. The van der Waals surface area contributed by atoms with Crippen molar-refractivity contribution in [3.63, 3.8) is 0 Å². The van der Waals surface area contributed by atoms with Crippen LogP contribution in [0.2, 0.25) is 0 Å². The van der Waals surface area contributed by atoms with E-state index in [1.807, 2.05) is 12.1 Å². The van der Waals surface area contributed by atoms with Gasteiger partial charge in [0.2, 0.25) is 0 Å². The van der Waals surface area contributed by atoms with Gasteiger partial charge < -0.3 is 9.05 Å². The molecule has 0 aliphatic heterocycles. The number of allylic oxidation sites excluding steroid dienone is 1. The van der Waals surface area contributed by atoms with Gasteiger partial charge in [-0.1, -0.05) is 18.2 Å². The third-order valence-corrected chi connectivity index (χ3v) is 4.36. The van der Waals surface area contributed by atoms with Crippen LogP contribution < -0.4 is 5.30 Å². The normalized spacial score (nSPS) is 11.6. The minimum atomic E-state index is -3.31. The standard InChI is InChI=1S/C13H16NO3P/c1-3-16-18(15,17-4-2)13-10-6-5-8-12(13)9-7-11-14/h5-10H,3-4H2,1-2H3/b9-7+. The van der Waals surface area contributed by atoms with Crippen molar-refractivity contribution in [3.8, 4) is 6.07 Å². The van der Waals surface area contributed by atoms with Crippen LogP contribution in [0.4, 0.5) is 0 Å². The van der Waals surface area contributed by atoms with Crippen molar-refractivity contribution in [1.82, 2.24) is 0 Å². The second-order valence-corrected chi connectivity index (χ2v) is 5.35. The SMILES string of the molecule is CCOP(=O)(OCC)c1ccccc1/C=C/C#N. The Hall–Kier alpha value is -1.40. The van der Waals surface area contributed by atoms with Crippen molar-refractivity contribution >= 4 is 19.0 Å². The lowest BCUT2D eigenvalue weighted by Gasteiger charge is -2.18. The lowest BCUT2D eigenvalue weighted by atomic mass is 10.2. The zero-order chi connectivity index (χ0) is 13.4. The quantitative estimate of drug-likeness (QED) is 0.585. The van der Waals surface area contributed by atoms with E-state index >= 15 is 0 Å². The number of nitriles is 1. The zero-order valence-corrected chi connectivity index (χ0v) is 11.4. The van der Waals surface area contributed by atoms with Gasteiger partial charge in [0.15, 0.2) is 0 Å². The fraction of sp³-hybridized carbons (Fsp3) is 0.308. The van der Waals surface area contributed by atoms with E-state index in [4.69, 9.17) is 14.3 Å². The summed E-state index contributed by atoms with van der Waals surface area (Å²) in [4.78, 5) is 0. The van der Waals surface area contributed by atoms with E-state index in [9.17, 15) is 4.57 Å². The lowest BCUT2D eigenvalue weighted by Crippen LogP contribution is -2.13. The molecular weight excluding hydrogens is 249 g/mol. The van der Waals surface area contributed by atoms with Crippen molar-refractivity contribution in [2.24, 2.45) is 0 Å². The van der Waals surface area contributed by atoms with Gasteiger partial charge in [-0.2, -0.15) is 5.26 Å². The molecular formula is C13H16NO3P. The molecule has 0 radical (unpaired) electrons. The third-order valence-electron chi connectivity index (χ3n) is 2.17. The topological polar surface area (TPSA) is 59.3 Å². The summed E-state index contributed by atoms with van der Waals surface area (Å²) < 4.78 is 23.2. The smallest absolute Gasteiger partial charge is 0.305 e. The van der Waals surface area contributed by atoms with Gasteiger partial charge in [-0.05, 0) is 31.6 Å². The Balaban J connectivity index is 3.24. The van der Waals surface area contributed by atoms with E-state index in [-0.39, 0.29) is 0 Å². The van der Waals surface area contributed by atoms with Crippen molar-refractivity contribution in [2.75, 3.05) is 13.2 Å². The van der Waals surface area contributed by atoms with Crippen molar-refractivity contribution in [2.45, 2.75) is 13.8 Å². The fourth-order valence-electron chi connectivity index (χ4n) is 1.52. The predicted molar refractivity (Wildman–Crippen MR) is 71.6 cm³/mol. The summed E-state index contributed by atoms with van der Waals surface area (Å²) in [5.41, 5.74) is 0.671. The van der Waals surface area contributed by atoms with Crippen LogP contribution in [-0.4, -0.2) is 13.2 Å². The highest BCUT2D eigenvalue weighted by Gasteiger charge is 2.28. The van der Waals surface area contributed by atoms with E-state index in [1.54, 1.807) is 38.1 Å². The van der Waals surface area contributed by atoms with Gasteiger partial charge in [-0.15, -0.1) is 0 Å². The first-order valence-electron chi connectivity index (χ1n) is 5.72. The van der Waals surface area contributed by atoms with Gasteiger partial charge in [0.05, 0.1) is 24.6 Å². The van der Waals surface area contributed by atoms with Crippen LogP contribution in [0.3, 0.4) is 0 Å². The van der Waals surface area contributed by atoms with Crippen molar-refractivity contribution in [3.05, 3.63) is 35.9 Å². The zero-order valence-electron chi connectivity index (χ0n) is 10.5. The molecule has 1 rings (SSSR count). The second-order valence-electron chi connectivity index (χ2n) is 3.35. The van der Waals surface area contributed by atoms with Gasteiger partial charge in [-0.25, -0.2) is 0 Å². The van der Waals surface area contributed by atoms with Crippen LogP contribution in [-0.2, 0) is 13.6 Å². The maximum Gasteiger partial charge on any atom is 0.361 e. The van der Waals surface area contributed by atoms with Gasteiger partial charge in [0.1, 0.15) is 0 Å². The molecule has 0 fully saturated rings. The highest BCUT2D eigenvalue weighted by Crippen LogP contribution is 2.47. The maximum absolute atomic E-state index is 12.6. The van der Waals surface area contributed by atoms with Crippen LogP contribution in [0.5, 0.6) is 0 Å². The molecule has 0 bridgehead atoms. The second kappa shape index (κ2) is 7.13. The molecule has 0 amide bonds. The average Bonchev–Trinajstić information content (AvgIpc) is 2.37. The molecule has 1 aromatic rings. The molecule has 0 aliphatic rings. The molecule has 0 heterocycles. The van der Waals surface area contributed by atoms with Crippen LogP contribution in [0.25, 0.3) is 6.08 Å². The number of hydrogen-bond donors (Lipinski definition) is 0. The van der Waals surface area contributed by atoms with Gasteiger partial charge in [0.25, 0.3) is 0 Å². The van der Waals surface area contributed by atoms with E-state index in [0.717, 1.165) is 0 Å². The molecule has 0 N–H and O–H groups in total. The molecule has 0 aromatic heterocycles. The molecule has 1 aromatic carbocycles. The summed E-state index contributed by atoms with van der Waals surface area (Å²) in [5.74, 6) is 0. The summed E-state index contributed by atoms with van der Waals surface area (Å²) in [5, 5.41) is 9.05. The molecule has 0 unspecified atom stereocenters. The Morgan fingerprint density at radius 1 is 1.28 bits per heavy atom. The summed E-state index contributed by atoms with van der Waals surface area (Å²) in [7, 11) is -3.31. The maximum atomic E-state index is 12.6. The first-order valence-corrected chi connectivity index (χ1v) is 7.27. The Labute approximate surface area is 107 Å². The predicted octanol–water partition coefficient (Wildman–Crippen LogP) is 3.11. The first kappa shape index (κ1) is 14.7. The number of nitrogens with zero attached hydrogens (tertiary/aromatic N) is 1. The Kier molecular flexibility index (Phi) is 5.80. The summed E-state index contributed by atoms with van der Waals surface area (Å²) >= 11 is 0. The summed E-state index contributed by atoms with van der Waals surface area (Å²) in [6.07, 6.45) is 2.93. The lowest BCUT2D eigenvalue weighted by molar-refractivity contribution is 0.230. The van der Waals surface area contributed by atoms with Crippen LogP contribution in [0.15, 0.2) is 30.3 Å². The Bertz CT molecular complexity index is 495. The Morgan fingerprint density at radius 3 is 2.44 bits per heavy atom. The van der Waals surface area contributed by atoms with Crippen LogP contribution >= 0.6 is 7.60 Å². The minimum absolute atomic E-state index is 0.299. The number of hydrogen-bond acceptors (Lipinski definition) is 4. The largest absolute Gasteiger partial charge is 0.361 e. The van der Waals surface area contributed by atoms with Crippen molar-refractivity contribution < 1.29 is 13.6 Å². The summed E-state index contributed by atoms with van der Waals surface area (Å²) in [6, 6.07) is 8.95. The molecule has 0 saturated carbocycles. The van der Waals surface area contributed by atoms with Gasteiger partial charge >= 0.3 is 7.60 Å². The molecule has 4 nitrogen and oxygen atoms in total. The van der Waals surface area contributed by atoms with E-state index < -0.39 is 7.60 Å². The molecule has 96 valence electrons. The average molecular weight is 265 g/mol. The molecule has 0 spiro atoms. The fourth-order valence-corrected chi connectivity index (χ4v) is 3.29. The third kappa shape index (κ3) is 3.54. The van der Waals surface area contributed by atoms with Gasteiger partial charge in [0, 0.05) is 6.08 Å². The summed E-state index contributed by atoms with van der Waals surface area (Å²) in [6.45, 7) is 4.12. The molecule has 0 aliphatic carbocycles.